The molecule has 29 rings (SSSR count). The van der Waals surface area contributed by atoms with Gasteiger partial charge in [0.15, 0.2) is 29.1 Å². The Labute approximate surface area is 875 Å². The summed E-state index contributed by atoms with van der Waals surface area (Å²) in [5.74, 6) is 3.24. The van der Waals surface area contributed by atoms with Crippen LogP contribution in [-0.2, 0) is 0 Å². The molecule has 13 heteroatoms. The molecule has 0 fully saturated rings. The Morgan fingerprint density at radius 2 is 0.393 bits per heavy atom. The van der Waals surface area contributed by atoms with Gasteiger partial charge in [-0.15, -0.1) is 34.0 Å². The summed E-state index contributed by atoms with van der Waals surface area (Å²) in [4.78, 5) is 40.0. The van der Waals surface area contributed by atoms with Crippen molar-refractivity contribution >= 4 is 130 Å². The molecule has 0 amide bonds. The van der Waals surface area contributed by atoms with Crippen molar-refractivity contribution in [3.05, 3.63) is 510 Å². The standard InChI is InChI=1S/C137H84N10S3/c1-7-25-85(26-8-1)97-57-66-125-113(76-97)116-79-101(61-69-126(116)147(125)110-63-55-87(56-64-110)86-43-49-93(50-44-86)133-138-117(90-27-9-2-10-28-90)83-119(140-133)130-80-102-33-19-23-41-127(102)148-130)106-73-104(96-62-70-129-107(71-96)82-131(149-129)120-84-118(91-29-11-3-12-30-91)139-134(141-120)94-51-45-88(46-52-94)98-58-65-122-112(75-98)111-39-21-22-40-121(111)145(122)108-35-15-5-16-36-108)72-105(74-106)100-60-68-124-115(78-100)114-77-99(59-67-123(114)146(124)109-37-17-6-18-38-109)89-47-53-95(54-48-89)136-142-135(92-31-13-4-14-32-92)143-137(144-136)132-81-103-34-20-24-42-128(103)150-132/h1-84H. The Morgan fingerprint density at radius 3 is 0.820 bits per heavy atom. The number of benzene rings is 20. The average molecular weight is 1970 g/mol. The van der Waals surface area contributed by atoms with Gasteiger partial charge in [-0.05, 0) is 270 Å². The van der Waals surface area contributed by atoms with Crippen LogP contribution in [0.25, 0.3) is 291 Å². The van der Waals surface area contributed by atoms with Crippen molar-refractivity contribution in [3.8, 4) is 195 Å². The Hall–Kier alpha value is -19.2. The molecular formula is C137H84N10S3. The fourth-order valence-electron chi connectivity index (χ4n) is 21.7. The number of hydrogen-bond donors (Lipinski definition) is 0. The van der Waals surface area contributed by atoms with Gasteiger partial charge in [0, 0.05) is 96.9 Å². The lowest BCUT2D eigenvalue weighted by Crippen LogP contribution is -1.99. The maximum atomic E-state index is 5.50. The van der Waals surface area contributed by atoms with E-state index in [-0.39, 0.29) is 0 Å². The van der Waals surface area contributed by atoms with Crippen molar-refractivity contribution < 1.29 is 0 Å². The molecule has 0 saturated carbocycles. The Bertz CT molecular complexity index is 10300. The van der Waals surface area contributed by atoms with Crippen molar-refractivity contribution in [1.82, 2.24) is 48.6 Å². The maximum Gasteiger partial charge on any atom is 0.174 e. The molecule has 0 aliphatic heterocycles. The normalized spacial score (nSPS) is 11.7. The molecule has 20 aromatic carbocycles. The Balaban J connectivity index is 0.550. The van der Waals surface area contributed by atoms with Gasteiger partial charge in [-0.2, -0.15) is 0 Å². The summed E-state index contributed by atoms with van der Waals surface area (Å²) in [7, 11) is 0. The molecule has 0 radical (unpaired) electrons. The number of rotatable bonds is 19. The topological polar surface area (TPSA) is 105 Å². The highest BCUT2D eigenvalue weighted by Crippen LogP contribution is 2.48. The summed E-state index contributed by atoms with van der Waals surface area (Å²) in [5, 5.41) is 10.5. The van der Waals surface area contributed by atoms with Crippen LogP contribution in [0.5, 0.6) is 0 Å². The molecule has 0 N–H and O–H groups in total. The summed E-state index contributed by atoms with van der Waals surface area (Å²) in [6.07, 6.45) is 0. The van der Waals surface area contributed by atoms with E-state index < -0.39 is 0 Å². The molecule has 0 bridgehead atoms. The summed E-state index contributed by atoms with van der Waals surface area (Å²) >= 11 is 5.21. The number of hydrogen-bond acceptors (Lipinski definition) is 10. The number of para-hydroxylation sites is 3. The molecule has 10 nitrogen and oxygen atoms in total. The summed E-state index contributed by atoms with van der Waals surface area (Å²) in [5.41, 5.74) is 34.8. The molecule has 0 spiro atoms. The third-order valence-corrected chi connectivity index (χ3v) is 32.6. The lowest BCUT2D eigenvalue weighted by molar-refractivity contribution is 1.08. The van der Waals surface area contributed by atoms with E-state index in [1.54, 1.807) is 34.0 Å². The monoisotopic (exact) mass is 1960 g/mol. The number of thiophene rings is 3. The molecule has 0 unspecified atom stereocenters. The van der Waals surface area contributed by atoms with Crippen LogP contribution in [0.4, 0.5) is 0 Å². The van der Waals surface area contributed by atoms with Crippen molar-refractivity contribution in [2.45, 2.75) is 0 Å². The van der Waals surface area contributed by atoms with Gasteiger partial charge in [0.05, 0.1) is 70.5 Å². The largest absolute Gasteiger partial charge is 0.309 e. The van der Waals surface area contributed by atoms with Gasteiger partial charge in [-0.3, -0.25) is 0 Å². The van der Waals surface area contributed by atoms with Crippen LogP contribution in [0, 0.1) is 0 Å². The first-order chi connectivity index (χ1) is 74.2. The van der Waals surface area contributed by atoms with Crippen LogP contribution >= 0.6 is 34.0 Å². The van der Waals surface area contributed by atoms with Crippen LogP contribution in [0.2, 0.25) is 0 Å². The smallest absolute Gasteiger partial charge is 0.174 e. The Morgan fingerprint density at radius 1 is 0.133 bits per heavy atom. The second-order valence-electron chi connectivity index (χ2n) is 38.3. The molecule has 0 aliphatic carbocycles. The minimum atomic E-state index is 0.616. The molecule has 700 valence electrons. The lowest BCUT2D eigenvalue weighted by Gasteiger charge is -2.13. The average Bonchev–Trinajstić information content (AvgIpc) is 1.58. The van der Waals surface area contributed by atoms with E-state index >= 15 is 0 Å². The van der Waals surface area contributed by atoms with Gasteiger partial charge in [0.2, 0.25) is 0 Å². The highest BCUT2D eigenvalue weighted by Gasteiger charge is 2.25. The zero-order chi connectivity index (χ0) is 98.8. The molecule has 0 saturated heterocycles. The van der Waals surface area contributed by atoms with Crippen molar-refractivity contribution in [2.75, 3.05) is 0 Å². The SMILES string of the molecule is c1ccc(-c2ccc3c(c2)c2cc(-c4cc(-c5ccc6sc(-c7cc(-c8ccccc8)nc(-c8ccc(-c9ccc%10c(c9)c9ccccc9n%10-c9ccccc9)cc8)n7)cc6c5)cc(-c5ccc6c(c5)c5cc(-c7ccc(-c8nc(-c9ccccc9)nc(-c9cc%10ccccc%10s9)n8)cc7)ccc5n6-c5ccccc5)c4)ccc2n3-c2ccc(-c3ccc(-c4nc(-c5ccccc5)cc(-c5cc6ccccc6s5)n4)cc3)cc2)cc1. The van der Waals surface area contributed by atoms with Crippen LogP contribution < -0.4 is 0 Å². The lowest BCUT2D eigenvalue weighted by atomic mass is 9.92. The molecule has 0 aliphatic rings. The predicted molar refractivity (Wildman–Crippen MR) is 627 cm³/mol. The quantitative estimate of drug-likeness (QED) is 0.0794. The number of nitrogens with zero attached hydrogens (tertiary/aromatic N) is 10. The van der Waals surface area contributed by atoms with Crippen molar-refractivity contribution in [2.24, 2.45) is 0 Å². The van der Waals surface area contributed by atoms with Gasteiger partial charge < -0.3 is 13.7 Å². The minimum absolute atomic E-state index is 0.616. The van der Waals surface area contributed by atoms with E-state index in [0.717, 1.165) is 225 Å². The molecule has 150 heavy (non-hydrogen) atoms. The van der Waals surface area contributed by atoms with E-state index in [9.17, 15) is 0 Å². The third-order valence-electron chi connectivity index (χ3n) is 29.2. The summed E-state index contributed by atoms with van der Waals surface area (Å²) in [6.45, 7) is 0. The first kappa shape index (κ1) is 87.4. The van der Waals surface area contributed by atoms with E-state index in [1.807, 2.05) is 24.3 Å². The molecular weight excluding hydrogens is 1880 g/mol. The molecule has 29 aromatic rings. The fourth-order valence-corrected chi connectivity index (χ4v) is 24.7. The molecule has 9 heterocycles. The first-order valence-electron chi connectivity index (χ1n) is 50.4. The number of fused-ring (bicyclic) bond motifs is 12. The first-order valence-corrected chi connectivity index (χ1v) is 52.8. The summed E-state index contributed by atoms with van der Waals surface area (Å²) in [6, 6.07) is 184. The van der Waals surface area contributed by atoms with Crippen LogP contribution in [-0.4, -0.2) is 48.6 Å². The highest BCUT2D eigenvalue weighted by molar-refractivity contribution is 7.23. The fraction of sp³-hybridized carbons (Fsp3) is 0. The van der Waals surface area contributed by atoms with E-state index in [1.165, 1.54) is 36.6 Å². The molecule has 0 atom stereocenters. The summed E-state index contributed by atoms with van der Waals surface area (Å²) < 4.78 is 10.8. The van der Waals surface area contributed by atoms with Gasteiger partial charge in [0.25, 0.3) is 0 Å². The molecule has 9 aromatic heterocycles. The zero-order valence-corrected chi connectivity index (χ0v) is 83.1. The van der Waals surface area contributed by atoms with Crippen LogP contribution in [0.15, 0.2) is 510 Å². The Kier molecular flexibility index (Phi) is 21.3. The van der Waals surface area contributed by atoms with Crippen molar-refractivity contribution in [3.63, 3.8) is 0 Å². The van der Waals surface area contributed by atoms with Gasteiger partial charge in [-0.25, -0.2) is 34.9 Å². The van der Waals surface area contributed by atoms with Gasteiger partial charge in [0.1, 0.15) is 0 Å². The van der Waals surface area contributed by atoms with Crippen molar-refractivity contribution in [1.29, 1.82) is 0 Å². The predicted octanol–water partition coefficient (Wildman–Crippen LogP) is 37.1. The van der Waals surface area contributed by atoms with E-state index in [0.29, 0.717) is 29.1 Å². The maximum absolute atomic E-state index is 5.50. The van der Waals surface area contributed by atoms with E-state index in [4.69, 9.17) is 34.9 Å². The van der Waals surface area contributed by atoms with Gasteiger partial charge >= 0.3 is 0 Å². The van der Waals surface area contributed by atoms with E-state index in [2.05, 4.69) is 499 Å². The zero-order valence-electron chi connectivity index (χ0n) is 80.7. The van der Waals surface area contributed by atoms with Gasteiger partial charge in [-0.1, -0.05) is 334 Å². The third kappa shape index (κ3) is 15.9. The number of aromatic nitrogens is 10. The van der Waals surface area contributed by atoms with Crippen LogP contribution in [0.1, 0.15) is 0 Å². The minimum Gasteiger partial charge on any atom is -0.309 e. The van der Waals surface area contributed by atoms with Crippen LogP contribution in [0.3, 0.4) is 0 Å². The second kappa shape index (κ2) is 36.6. The second-order valence-corrected chi connectivity index (χ2v) is 41.5. The highest BCUT2D eigenvalue weighted by atomic mass is 32.1.